The van der Waals surface area contributed by atoms with E-state index in [4.69, 9.17) is 4.74 Å². The van der Waals surface area contributed by atoms with Gasteiger partial charge in [0, 0.05) is 18.0 Å². The minimum atomic E-state index is -4.57. The van der Waals surface area contributed by atoms with Crippen molar-refractivity contribution in [2.75, 3.05) is 13.7 Å². The summed E-state index contributed by atoms with van der Waals surface area (Å²) in [7, 11) is 1.48. The fourth-order valence-electron chi connectivity index (χ4n) is 1.61. The number of ether oxygens (including phenoxy) is 1. The first-order valence-corrected chi connectivity index (χ1v) is 6.49. The molecule has 1 aromatic heterocycles. The molecule has 0 fully saturated rings. The van der Waals surface area contributed by atoms with Crippen molar-refractivity contribution in [3.8, 4) is 5.69 Å². The zero-order valence-corrected chi connectivity index (χ0v) is 12.1. The smallest absolute Gasteiger partial charge is 0.384 e. The van der Waals surface area contributed by atoms with Crippen molar-refractivity contribution < 1.29 is 17.9 Å². The first kappa shape index (κ1) is 15.0. The maximum Gasteiger partial charge on any atom is 0.453 e. The van der Waals surface area contributed by atoms with E-state index < -0.39 is 12.0 Å². The van der Waals surface area contributed by atoms with Crippen molar-refractivity contribution >= 4 is 15.9 Å². The summed E-state index contributed by atoms with van der Waals surface area (Å²) in [5, 5.41) is 3.54. The van der Waals surface area contributed by atoms with Gasteiger partial charge in [0.2, 0.25) is 0 Å². The van der Waals surface area contributed by atoms with Gasteiger partial charge in [-0.05, 0) is 24.3 Å². The molecule has 0 atom stereocenters. The minimum absolute atomic E-state index is 0.210. The lowest BCUT2D eigenvalue weighted by molar-refractivity contribution is -0.144. The third-order valence-electron chi connectivity index (χ3n) is 2.53. The second kappa shape index (κ2) is 5.92. The fourth-order valence-corrected chi connectivity index (χ4v) is 1.87. The largest absolute Gasteiger partial charge is 0.453 e. The molecule has 0 radical (unpaired) electrons. The summed E-state index contributed by atoms with van der Waals surface area (Å²) in [4.78, 5) is 3.55. The van der Waals surface area contributed by atoms with Crippen LogP contribution in [0.15, 0.2) is 28.7 Å². The van der Waals surface area contributed by atoms with Crippen LogP contribution < -0.4 is 0 Å². The lowest BCUT2D eigenvalue weighted by atomic mass is 10.3. The summed E-state index contributed by atoms with van der Waals surface area (Å²) in [5.41, 5.74) is 0.516. The van der Waals surface area contributed by atoms with Gasteiger partial charge in [-0.25, -0.2) is 9.67 Å². The van der Waals surface area contributed by atoms with Crippen molar-refractivity contribution in [1.29, 1.82) is 0 Å². The Balaban J connectivity index is 2.43. The van der Waals surface area contributed by atoms with Crippen LogP contribution in [0.4, 0.5) is 13.2 Å². The molecule has 0 spiro atoms. The van der Waals surface area contributed by atoms with Crippen LogP contribution in [0.1, 0.15) is 11.6 Å². The molecule has 0 aliphatic rings. The van der Waals surface area contributed by atoms with Gasteiger partial charge >= 0.3 is 6.18 Å². The van der Waals surface area contributed by atoms with Crippen LogP contribution in [0, 0.1) is 0 Å². The highest BCUT2D eigenvalue weighted by atomic mass is 79.9. The first-order valence-electron chi connectivity index (χ1n) is 5.70. The van der Waals surface area contributed by atoms with Crippen LogP contribution in [0.5, 0.6) is 0 Å². The number of halogens is 4. The lowest BCUT2D eigenvalue weighted by Gasteiger charge is -2.05. The summed E-state index contributed by atoms with van der Waals surface area (Å²) in [6, 6.07) is 6.78. The second-order valence-electron chi connectivity index (χ2n) is 3.98. The van der Waals surface area contributed by atoms with Gasteiger partial charge in [0.25, 0.3) is 5.82 Å². The van der Waals surface area contributed by atoms with E-state index in [2.05, 4.69) is 26.0 Å². The highest BCUT2D eigenvalue weighted by Gasteiger charge is 2.37. The van der Waals surface area contributed by atoms with E-state index in [1.54, 1.807) is 24.3 Å². The van der Waals surface area contributed by atoms with Crippen LogP contribution >= 0.6 is 15.9 Å². The predicted molar refractivity (Wildman–Crippen MR) is 69.6 cm³/mol. The Bertz CT molecular complexity index is 581. The number of aromatic nitrogens is 3. The Morgan fingerprint density at radius 1 is 1.25 bits per heavy atom. The van der Waals surface area contributed by atoms with Crippen molar-refractivity contribution in [2.24, 2.45) is 0 Å². The van der Waals surface area contributed by atoms with Crippen LogP contribution in [-0.2, 0) is 17.3 Å². The van der Waals surface area contributed by atoms with Crippen molar-refractivity contribution in [1.82, 2.24) is 14.8 Å². The van der Waals surface area contributed by atoms with Gasteiger partial charge in [0.05, 0.1) is 12.3 Å². The average molecular weight is 350 g/mol. The molecule has 108 valence electrons. The van der Waals surface area contributed by atoms with Crippen LogP contribution in [0.25, 0.3) is 5.69 Å². The summed E-state index contributed by atoms with van der Waals surface area (Å²) >= 11 is 3.27. The summed E-state index contributed by atoms with van der Waals surface area (Å²) in [6.07, 6.45) is -4.32. The molecule has 1 aromatic carbocycles. The van der Waals surface area contributed by atoms with Crippen LogP contribution in [0.2, 0.25) is 0 Å². The van der Waals surface area contributed by atoms with Crippen LogP contribution in [-0.4, -0.2) is 28.5 Å². The monoisotopic (exact) mass is 349 g/mol. The molecule has 0 saturated heterocycles. The van der Waals surface area contributed by atoms with Gasteiger partial charge in [-0.3, -0.25) is 0 Å². The Morgan fingerprint density at radius 2 is 1.90 bits per heavy atom. The third-order valence-corrected chi connectivity index (χ3v) is 3.06. The van der Waals surface area contributed by atoms with Gasteiger partial charge in [-0.1, -0.05) is 15.9 Å². The molecule has 2 rings (SSSR count). The van der Waals surface area contributed by atoms with E-state index in [0.717, 1.165) is 4.47 Å². The molecule has 8 heteroatoms. The predicted octanol–water partition coefficient (Wildman–Crippen LogP) is 3.24. The highest BCUT2D eigenvalue weighted by molar-refractivity contribution is 9.10. The molecular formula is C12H11BrF3N3O. The molecule has 1 heterocycles. The Morgan fingerprint density at radius 3 is 2.45 bits per heavy atom. The number of nitrogens with zero attached hydrogens (tertiary/aromatic N) is 3. The molecule has 0 unspecified atom stereocenters. The SMILES string of the molecule is COCCc1nc(C(F)(F)F)nn1-c1ccc(Br)cc1. The van der Waals surface area contributed by atoms with Crippen molar-refractivity contribution in [2.45, 2.75) is 12.6 Å². The number of benzene rings is 1. The van der Waals surface area contributed by atoms with E-state index in [1.165, 1.54) is 11.8 Å². The van der Waals surface area contributed by atoms with Gasteiger partial charge < -0.3 is 4.74 Å². The Kier molecular flexibility index (Phi) is 4.44. The van der Waals surface area contributed by atoms with E-state index in [0.29, 0.717) is 5.69 Å². The maximum absolute atomic E-state index is 12.7. The normalized spacial score (nSPS) is 11.8. The molecule has 0 amide bonds. The number of hydrogen-bond donors (Lipinski definition) is 0. The molecular weight excluding hydrogens is 339 g/mol. The molecule has 0 bridgehead atoms. The quantitative estimate of drug-likeness (QED) is 0.850. The van der Waals surface area contributed by atoms with E-state index >= 15 is 0 Å². The van der Waals surface area contributed by atoms with Gasteiger partial charge in [0.15, 0.2) is 0 Å². The van der Waals surface area contributed by atoms with E-state index in [1.807, 2.05) is 0 Å². The lowest BCUT2D eigenvalue weighted by Crippen LogP contribution is -2.08. The zero-order valence-electron chi connectivity index (χ0n) is 10.5. The zero-order chi connectivity index (χ0) is 14.8. The Labute approximate surface area is 121 Å². The fraction of sp³-hybridized carbons (Fsp3) is 0.333. The van der Waals surface area contributed by atoms with Crippen LogP contribution in [0.3, 0.4) is 0 Å². The maximum atomic E-state index is 12.7. The van der Waals surface area contributed by atoms with E-state index in [9.17, 15) is 13.2 Å². The number of hydrogen-bond acceptors (Lipinski definition) is 3. The minimum Gasteiger partial charge on any atom is -0.384 e. The summed E-state index contributed by atoms with van der Waals surface area (Å²) in [6.45, 7) is 0.270. The summed E-state index contributed by atoms with van der Waals surface area (Å²) in [5.74, 6) is -0.937. The van der Waals surface area contributed by atoms with Gasteiger partial charge in [-0.15, -0.1) is 5.10 Å². The molecule has 4 nitrogen and oxygen atoms in total. The van der Waals surface area contributed by atoms with Crippen molar-refractivity contribution in [3.05, 3.63) is 40.4 Å². The Hall–Kier alpha value is -1.41. The molecule has 0 aliphatic heterocycles. The van der Waals surface area contributed by atoms with Crippen molar-refractivity contribution in [3.63, 3.8) is 0 Å². The molecule has 0 aliphatic carbocycles. The average Bonchev–Trinajstić information content (AvgIpc) is 2.81. The summed E-state index contributed by atoms with van der Waals surface area (Å²) < 4.78 is 45.0. The first-order chi connectivity index (χ1) is 9.41. The molecule has 20 heavy (non-hydrogen) atoms. The number of alkyl halides is 3. The van der Waals surface area contributed by atoms with Gasteiger partial charge in [0.1, 0.15) is 5.82 Å². The highest BCUT2D eigenvalue weighted by Crippen LogP contribution is 2.27. The molecule has 0 saturated carbocycles. The molecule has 0 N–H and O–H groups in total. The second-order valence-corrected chi connectivity index (χ2v) is 4.90. The van der Waals surface area contributed by atoms with E-state index in [-0.39, 0.29) is 18.9 Å². The third kappa shape index (κ3) is 3.37. The standard InChI is InChI=1S/C12H11BrF3N3O/c1-20-7-6-10-17-11(12(14,15)16)18-19(10)9-4-2-8(13)3-5-9/h2-5H,6-7H2,1H3. The molecule has 2 aromatic rings. The van der Waals surface area contributed by atoms with Gasteiger partial charge in [-0.2, -0.15) is 13.2 Å². The number of methoxy groups -OCH3 is 1. The number of rotatable bonds is 4. The topological polar surface area (TPSA) is 39.9 Å².